The van der Waals surface area contributed by atoms with Gasteiger partial charge in [-0.2, -0.15) is 0 Å². The number of anilines is 2. The van der Waals surface area contributed by atoms with Gasteiger partial charge < -0.3 is 25.4 Å². The molecule has 4 N–H and O–H groups in total. The van der Waals surface area contributed by atoms with Crippen molar-refractivity contribution in [3.63, 3.8) is 0 Å². The highest BCUT2D eigenvalue weighted by atomic mass is 32.2. The molecule has 0 saturated carbocycles. The van der Waals surface area contributed by atoms with E-state index in [2.05, 4.69) is 25.9 Å². The number of nitrogens with one attached hydrogen (secondary N) is 4. The average Bonchev–Trinajstić information content (AvgIpc) is 3.76. The Bertz CT molecular complexity index is 2290. The predicted molar refractivity (Wildman–Crippen MR) is 194 cm³/mol. The summed E-state index contributed by atoms with van der Waals surface area (Å²) in [6.07, 6.45) is 3.44. The van der Waals surface area contributed by atoms with Crippen molar-refractivity contribution in [2.45, 2.75) is 4.90 Å². The SMILES string of the molecule is O=C(CSc1cccc(NC(=O)/C(=C/c2c[nH]c3ccccc23)NC(=O)c2ccccc2)c1)Nc1ccc(-c2nc3ccccc3o2)cc1. The van der Waals surface area contributed by atoms with Crippen molar-refractivity contribution in [1.29, 1.82) is 0 Å². The summed E-state index contributed by atoms with van der Waals surface area (Å²) in [5.74, 6) is -0.403. The van der Waals surface area contributed by atoms with Crippen LogP contribution in [-0.4, -0.2) is 33.4 Å². The fourth-order valence-electron chi connectivity index (χ4n) is 5.21. The molecule has 3 amide bonds. The number of carbonyl (C=O) groups excluding carboxylic acids is 3. The van der Waals surface area contributed by atoms with Crippen molar-refractivity contribution in [3.8, 4) is 11.5 Å². The molecule has 0 aliphatic rings. The molecule has 9 nitrogen and oxygen atoms in total. The van der Waals surface area contributed by atoms with Crippen molar-refractivity contribution in [1.82, 2.24) is 15.3 Å². The molecule has 240 valence electrons. The van der Waals surface area contributed by atoms with Crippen LogP contribution in [-0.2, 0) is 9.59 Å². The molecule has 0 saturated heterocycles. The molecule has 5 aromatic carbocycles. The summed E-state index contributed by atoms with van der Waals surface area (Å²) in [5.41, 5.74) is 5.65. The number of benzene rings is 5. The number of nitrogens with zero attached hydrogens (tertiary/aromatic N) is 1. The summed E-state index contributed by atoms with van der Waals surface area (Å²) in [6, 6.07) is 38.5. The van der Waals surface area contributed by atoms with E-state index in [0.29, 0.717) is 28.4 Å². The second kappa shape index (κ2) is 14.2. The van der Waals surface area contributed by atoms with Gasteiger partial charge in [-0.25, -0.2) is 4.98 Å². The number of hydrogen-bond donors (Lipinski definition) is 4. The number of fused-ring (bicyclic) bond motifs is 2. The maximum Gasteiger partial charge on any atom is 0.272 e. The first-order valence-electron chi connectivity index (χ1n) is 15.4. The zero-order valence-electron chi connectivity index (χ0n) is 26.0. The van der Waals surface area contributed by atoms with Crippen LogP contribution in [0.3, 0.4) is 0 Å². The first-order chi connectivity index (χ1) is 24.0. The van der Waals surface area contributed by atoms with Gasteiger partial charge in [0.1, 0.15) is 11.2 Å². The first-order valence-corrected chi connectivity index (χ1v) is 16.4. The van der Waals surface area contributed by atoms with Gasteiger partial charge in [-0.1, -0.05) is 54.6 Å². The summed E-state index contributed by atoms with van der Waals surface area (Å²) in [4.78, 5) is 48.0. The van der Waals surface area contributed by atoms with Gasteiger partial charge in [0.15, 0.2) is 5.58 Å². The zero-order chi connectivity index (χ0) is 33.6. The van der Waals surface area contributed by atoms with E-state index in [-0.39, 0.29) is 17.4 Å². The normalized spacial score (nSPS) is 11.4. The fourth-order valence-corrected chi connectivity index (χ4v) is 5.97. The third-order valence-electron chi connectivity index (χ3n) is 7.62. The standard InChI is InChI=1S/C39H29N5O4S/c45-36(41-28-19-17-26(18-20-28)39-44-33-15-6-7-16-35(33)48-39)24-49-30-12-8-11-29(22-30)42-38(47)34(43-37(46)25-9-2-1-3-10-25)21-27-23-40-32-14-5-4-13-31(27)32/h1-23,40H,24H2,(H,41,45)(H,42,47)(H,43,46)/b34-21-. The highest BCUT2D eigenvalue weighted by Gasteiger charge is 2.17. The monoisotopic (exact) mass is 663 g/mol. The van der Waals surface area contributed by atoms with Crippen LogP contribution in [0.1, 0.15) is 15.9 Å². The van der Waals surface area contributed by atoms with E-state index in [9.17, 15) is 14.4 Å². The Morgan fingerprint density at radius 2 is 1.55 bits per heavy atom. The number of rotatable bonds is 10. The fraction of sp³-hybridized carbons (Fsp3) is 0.0256. The van der Waals surface area contributed by atoms with Gasteiger partial charge in [0.25, 0.3) is 11.8 Å². The van der Waals surface area contributed by atoms with Crippen LogP contribution < -0.4 is 16.0 Å². The molecular formula is C39H29N5O4S. The maximum absolute atomic E-state index is 13.6. The van der Waals surface area contributed by atoms with E-state index in [0.717, 1.165) is 32.4 Å². The molecule has 7 rings (SSSR count). The molecule has 0 bridgehead atoms. The average molecular weight is 664 g/mol. The lowest BCUT2D eigenvalue weighted by Crippen LogP contribution is -2.30. The van der Waals surface area contributed by atoms with Gasteiger partial charge in [-0.3, -0.25) is 14.4 Å². The van der Waals surface area contributed by atoms with Gasteiger partial charge in [0.2, 0.25) is 11.8 Å². The van der Waals surface area contributed by atoms with Crippen LogP contribution in [0, 0.1) is 0 Å². The summed E-state index contributed by atoms with van der Waals surface area (Å²) in [6.45, 7) is 0. The lowest BCUT2D eigenvalue weighted by Gasteiger charge is -2.12. The van der Waals surface area contributed by atoms with Gasteiger partial charge in [-0.05, 0) is 78.9 Å². The molecule has 10 heteroatoms. The van der Waals surface area contributed by atoms with E-state index >= 15 is 0 Å². The highest BCUT2D eigenvalue weighted by molar-refractivity contribution is 8.00. The van der Waals surface area contributed by atoms with Gasteiger partial charge in [-0.15, -0.1) is 11.8 Å². The molecule has 0 unspecified atom stereocenters. The second-order valence-corrected chi connectivity index (χ2v) is 12.1. The van der Waals surface area contributed by atoms with Gasteiger partial charge in [0, 0.05) is 50.1 Å². The van der Waals surface area contributed by atoms with Gasteiger partial charge >= 0.3 is 0 Å². The van der Waals surface area contributed by atoms with Crippen LogP contribution in [0.5, 0.6) is 0 Å². The molecule has 2 aromatic heterocycles. The predicted octanol–water partition coefficient (Wildman–Crippen LogP) is 8.12. The van der Waals surface area contributed by atoms with Crippen LogP contribution in [0.2, 0.25) is 0 Å². The van der Waals surface area contributed by atoms with E-state index < -0.39 is 11.8 Å². The highest BCUT2D eigenvalue weighted by Crippen LogP contribution is 2.27. The number of thioether (sulfide) groups is 1. The minimum Gasteiger partial charge on any atom is -0.436 e. The number of oxazole rings is 1. The number of aromatic nitrogens is 2. The molecule has 0 fully saturated rings. The lowest BCUT2D eigenvalue weighted by atomic mass is 10.1. The Morgan fingerprint density at radius 1 is 0.776 bits per heavy atom. The Labute approximate surface area is 285 Å². The summed E-state index contributed by atoms with van der Waals surface area (Å²) in [7, 11) is 0. The van der Waals surface area contributed by atoms with Crippen LogP contribution in [0.4, 0.5) is 11.4 Å². The topological polar surface area (TPSA) is 129 Å². The largest absolute Gasteiger partial charge is 0.436 e. The van der Waals surface area contributed by atoms with Crippen molar-refractivity contribution in [3.05, 3.63) is 150 Å². The Kier molecular flexibility index (Phi) is 9.02. The molecule has 49 heavy (non-hydrogen) atoms. The molecule has 0 aliphatic heterocycles. The van der Waals surface area contributed by atoms with Crippen LogP contribution in [0.15, 0.2) is 149 Å². The number of H-pyrrole nitrogens is 1. The number of hydrogen-bond acceptors (Lipinski definition) is 6. The number of carbonyl (C=O) groups is 3. The van der Waals surface area contributed by atoms with Crippen molar-refractivity contribution in [2.24, 2.45) is 0 Å². The zero-order valence-corrected chi connectivity index (χ0v) is 26.8. The minimum absolute atomic E-state index is 0.0816. The molecule has 0 radical (unpaired) electrons. The third-order valence-corrected chi connectivity index (χ3v) is 8.62. The van der Waals surface area contributed by atoms with E-state index in [1.807, 2.05) is 72.8 Å². The minimum atomic E-state index is -0.490. The van der Waals surface area contributed by atoms with Gasteiger partial charge in [0.05, 0.1) is 5.75 Å². The van der Waals surface area contributed by atoms with Crippen LogP contribution in [0.25, 0.3) is 39.5 Å². The third kappa shape index (κ3) is 7.45. The number of aromatic amines is 1. The van der Waals surface area contributed by atoms with E-state index in [1.165, 1.54) is 11.8 Å². The number of para-hydroxylation sites is 3. The van der Waals surface area contributed by atoms with Crippen molar-refractivity contribution < 1.29 is 18.8 Å². The number of amides is 3. The Balaban J connectivity index is 1.000. The lowest BCUT2D eigenvalue weighted by molar-refractivity contribution is -0.114. The molecule has 2 heterocycles. The van der Waals surface area contributed by atoms with E-state index in [1.54, 1.807) is 66.9 Å². The summed E-state index contributed by atoms with van der Waals surface area (Å²) in [5, 5.41) is 9.51. The molecular weight excluding hydrogens is 635 g/mol. The Hall–Kier alpha value is -6.39. The summed E-state index contributed by atoms with van der Waals surface area (Å²) >= 11 is 1.34. The van der Waals surface area contributed by atoms with Crippen molar-refractivity contribution >= 4 is 68.9 Å². The molecule has 0 spiro atoms. The first kappa shape index (κ1) is 31.2. The molecule has 0 aliphatic carbocycles. The maximum atomic E-state index is 13.6. The van der Waals surface area contributed by atoms with Crippen LogP contribution >= 0.6 is 11.8 Å². The Morgan fingerprint density at radius 3 is 2.39 bits per heavy atom. The smallest absolute Gasteiger partial charge is 0.272 e. The molecule has 7 aromatic rings. The van der Waals surface area contributed by atoms with E-state index in [4.69, 9.17) is 4.42 Å². The summed E-state index contributed by atoms with van der Waals surface area (Å²) < 4.78 is 5.83. The van der Waals surface area contributed by atoms with Crippen molar-refractivity contribution in [2.75, 3.05) is 16.4 Å². The molecule has 0 atom stereocenters. The quantitative estimate of drug-likeness (QED) is 0.0864. The second-order valence-electron chi connectivity index (χ2n) is 11.1.